The van der Waals surface area contributed by atoms with E-state index in [4.69, 9.17) is 15.2 Å². The molecule has 2 fully saturated rings. The number of hydrogen-bond donors (Lipinski definition) is 2. The molecular formula is C11H14N4O5. The van der Waals surface area contributed by atoms with Crippen LogP contribution in [-0.2, 0) is 9.47 Å². The molecule has 3 N–H and O–H groups in total. The molecule has 1 aromatic rings. The van der Waals surface area contributed by atoms with Crippen LogP contribution in [0.2, 0.25) is 0 Å². The summed E-state index contributed by atoms with van der Waals surface area (Å²) in [5, 5.41) is 12.9. The Bertz CT molecular complexity index is 617. The van der Waals surface area contributed by atoms with Crippen molar-refractivity contribution in [1.29, 1.82) is 0 Å². The van der Waals surface area contributed by atoms with Gasteiger partial charge in [-0.2, -0.15) is 9.89 Å². The second-order valence-corrected chi connectivity index (χ2v) is 5.08. The van der Waals surface area contributed by atoms with Crippen LogP contribution in [0.1, 0.15) is 11.8 Å². The van der Waals surface area contributed by atoms with Gasteiger partial charge in [0.1, 0.15) is 30.2 Å². The van der Waals surface area contributed by atoms with Crippen LogP contribution in [0.25, 0.3) is 0 Å². The predicted molar refractivity (Wildman–Crippen MR) is 66.9 cm³/mol. The molecule has 3 rings (SSSR count). The molecule has 20 heavy (non-hydrogen) atoms. The normalized spacial score (nSPS) is 35.4. The molecule has 0 aromatic carbocycles. The maximum absolute atomic E-state index is 11.9. The van der Waals surface area contributed by atoms with Gasteiger partial charge in [0.05, 0.1) is 6.61 Å². The Kier molecular flexibility index (Phi) is 2.85. The smallest absolute Gasteiger partial charge is 0.351 e. The summed E-state index contributed by atoms with van der Waals surface area (Å²) in [5.74, 6) is 0.139. The number of aliphatic hydroxyl groups excluding tert-OH is 1. The number of aryl methyl sites for hydroxylation is 1. The van der Waals surface area contributed by atoms with Gasteiger partial charge in [-0.1, -0.05) is 5.18 Å². The zero-order valence-corrected chi connectivity index (χ0v) is 10.7. The number of nitrogens with zero attached hydrogens (tertiary/aromatic N) is 3. The molecule has 0 amide bonds. The van der Waals surface area contributed by atoms with Crippen molar-refractivity contribution in [3.63, 3.8) is 0 Å². The molecule has 0 saturated carbocycles. The van der Waals surface area contributed by atoms with Crippen molar-refractivity contribution in [2.75, 3.05) is 18.9 Å². The van der Waals surface area contributed by atoms with Crippen LogP contribution >= 0.6 is 0 Å². The van der Waals surface area contributed by atoms with Crippen LogP contribution in [0.4, 0.5) is 5.82 Å². The monoisotopic (exact) mass is 282 g/mol. The summed E-state index contributed by atoms with van der Waals surface area (Å²) >= 11 is 0. The van der Waals surface area contributed by atoms with E-state index < -0.39 is 29.7 Å². The SMILES string of the molecule is Cc1cn(C2OC3(CN=O)COC2[C@H]3O)c(=O)nc1N. The third kappa shape index (κ3) is 1.67. The summed E-state index contributed by atoms with van der Waals surface area (Å²) < 4.78 is 12.3. The number of nitroso groups, excluding NO2 is 1. The Hall–Kier alpha value is -1.84. The van der Waals surface area contributed by atoms with Crippen molar-refractivity contribution in [1.82, 2.24) is 9.55 Å². The number of aromatic nitrogens is 2. The van der Waals surface area contributed by atoms with Gasteiger partial charge < -0.3 is 20.3 Å². The predicted octanol–water partition coefficient (Wildman–Crippen LogP) is -1.07. The van der Waals surface area contributed by atoms with Crippen LogP contribution in [0.15, 0.2) is 16.2 Å². The minimum atomic E-state index is -1.19. The molecule has 4 atom stereocenters. The van der Waals surface area contributed by atoms with Crippen molar-refractivity contribution in [2.45, 2.75) is 31.0 Å². The Morgan fingerprint density at radius 1 is 1.70 bits per heavy atom. The molecule has 9 heteroatoms. The number of fused-ring (bicyclic) bond motifs is 2. The van der Waals surface area contributed by atoms with Crippen molar-refractivity contribution in [3.05, 3.63) is 27.2 Å². The molecule has 0 spiro atoms. The molecule has 2 saturated heterocycles. The molecule has 2 bridgehead atoms. The third-order valence-electron chi connectivity index (χ3n) is 3.79. The first kappa shape index (κ1) is 13.2. The molecule has 0 aliphatic carbocycles. The van der Waals surface area contributed by atoms with Gasteiger partial charge in [0.15, 0.2) is 6.23 Å². The summed E-state index contributed by atoms with van der Waals surface area (Å²) in [4.78, 5) is 26.1. The van der Waals surface area contributed by atoms with E-state index in [1.165, 1.54) is 10.8 Å². The summed E-state index contributed by atoms with van der Waals surface area (Å²) in [6.07, 6.45) is -1.11. The number of anilines is 1. The number of nitrogen functional groups attached to an aromatic ring is 1. The number of ether oxygens (including phenoxy) is 2. The lowest BCUT2D eigenvalue weighted by atomic mass is 10.00. The van der Waals surface area contributed by atoms with E-state index in [1.807, 2.05) is 0 Å². The highest BCUT2D eigenvalue weighted by Gasteiger charge is 2.62. The molecule has 2 aliphatic rings. The maximum Gasteiger partial charge on any atom is 0.351 e. The maximum atomic E-state index is 11.9. The van der Waals surface area contributed by atoms with E-state index in [2.05, 4.69) is 10.2 Å². The van der Waals surface area contributed by atoms with Crippen LogP contribution in [-0.4, -0.2) is 45.6 Å². The van der Waals surface area contributed by atoms with E-state index in [1.54, 1.807) is 6.92 Å². The lowest BCUT2D eigenvalue weighted by molar-refractivity contribution is -0.170. The molecule has 108 valence electrons. The van der Waals surface area contributed by atoms with Crippen molar-refractivity contribution >= 4 is 5.82 Å². The highest BCUT2D eigenvalue weighted by molar-refractivity contribution is 5.35. The molecule has 1 aromatic heterocycles. The number of rotatable bonds is 3. The number of hydrogen-bond acceptors (Lipinski definition) is 8. The highest BCUT2D eigenvalue weighted by atomic mass is 16.6. The van der Waals surface area contributed by atoms with E-state index in [0.717, 1.165) is 0 Å². The summed E-state index contributed by atoms with van der Waals surface area (Å²) in [5.41, 5.74) is 4.38. The van der Waals surface area contributed by atoms with Crippen molar-refractivity contribution < 1.29 is 14.6 Å². The van der Waals surface area contributed by atoms with E-state index in [0.29, 0.717) is 5.56 Å². The Balaban J connectivity index is 2.00. The van der Waals surface area contributed by atoms with Gasteiger partial charge in [-0.3, -0.25) is 4.57 Å². The van der Waals surface area contributed by atoms with Crippen molar-refractivity contribution in [3.8, 4) is 0 Å². The topological polar surface area (TPSA) is 129 Å². The largest absolute Gasteiger partial charge is 0.387 e. The average molecular weight is 282 g/mol. The molecule has 0 radical (unpaired) electrons. The Labute approximate surface area is 113 Å². The minimum Gasteiger partial charge on any atom is -0.387 e. The second-order valence-electron chi connectivity index (χ2n) is 5.08. The number of aliphatic hydroxyl groups is 1. The first-order valence-corrected chi connectivity index (χ1v) is 6.10. The molecule has 3 unspecified atom stereocenters. The fourth-order valence-electron chi connectivity index (χ4n) is 2.62. The Morgan fingerprint density at radius 3 is 3.15 bits per heavy atom. The van der Waals surface area contributed by atoms with Gasteiger partial charge in [0.25, 0.3) is 0 Å². The fraction of sp³-hybridized carbons (Fsp3) is 0.636. The van der Waals surface area contributed by atoms with Crippen molar-refractivity contribution in [2.24, 2.45) is 5.18 Å². The molecular weight excluding hydrogens is 268 g/mol. The molecule has 3 heterocycles. The first-order valence-electron chi connectivity index (χ1n) is 6.10. The van der Waals surface area contributed by atoms with Crippen LogP contribution in [0, 0.1) is 11.8 Å². The quantitative estimate of drug-likeness (QED) is 0.675. The molecule has 2 aliphatic heterocycles. The lowest BCUT2D eigenvalue weighted by Gasteiger charge is -2.29. The highest BCUT2D eigenvalue weighted by Crippen LogP contribution is 2.44. The standard InChI is InChI=1S/C11H14N4O5/c1-5-2-15(10(17)14-8(5)12)9-6-7(16)11(20-9,3-13-18)4-19-6/h2,6-7,9,16H,3-4H2,1H3,(H2,12,14,17)/t6?,7-,9?,11?/m1/s1. The zero-order valence-electron chi connectivity index (χ0n) is 10.7. The van der Waals surface area contributed by atoms with Gasteiger partial charge >= 0.3 is 5.69 Å². The van der Waals surface area contributed by atoms with E-state index in [9.17, 15) is 14.8 Å². The molecule has 9 nitrogen and oxygen atoms in total. The van der Waals surface area contributed by atoms with Gasteiger partial charge in [0.2, 0.25) is 0 Å². The van der Waals surface area contributed by atoms with Crippen LogP contribution in [0.5, 0.6) is 0 Å². The first-order chi connectivity index (χ1) is 9.48. The van der Waals surface area contributed by atoms with E-state index >= 15 is 0 Å². The fourth-order valence-corrected chi connectivity index (χ4v) is 2.62. The van der Waals surface area contributed by atoms with Gasteiger partial charge in [-0.05, 0) is 6.92 Å². The van der Waals surface area contributed by atoms with Crippen LogP contribution < -0.4 is 11.4 Å². The minimum absolute atomic E-state index is 0.0667. The summed E-state index contributed by atoms with van der Waals surface area (Å²) in [6.45, 7) is 1.53. The zero-order chi connectivity index (χ0) is 14.5. The van der Waals surface area contributed by atoms with Gasteiger partial charge in [-0.15, -0.1) is 0 Å². The van der Waals surface area contributed by atoms with Crippen LogP contribution in [0.3, 0.4) is 0 Å². The second kappa shape index (κ2) is 4.33. The lowest BCUT2D eigenvalue weighted by Crippen LogP contribution is -2.44. The summed E-state index contributed by atoms with van der Waals surface area (Å²) in [7, 11) is 0. The summed E-state index contributed by atoms with van der Waals surface area (Å²) in [6, 6.07) is 0. The third-order valence-corrected chi connectivity index (χ3v) is 3.79. The average Bonchev–Trinajstić information content (AvgIpc) is 2.85. The van der Waals surface area contributed by atoms with E-state index in [-0.39, 0.29) is 19.0 Å². The van der Waals surface area contributed by atoms with Gasteiger partial charge in [0, 0.05) is 11.8 Å². The van der Waals surface area contributed by atoms with Gasteiger partial charge in [-0.25, -0.2) is 4.79 Å². The Morgan fingerprint density at radius 2 is 2.45 bits per heavy atom. The number of nitrogens with two attached hydrogens (primary N) is 1.